The minimum Gasteiger partial charge on any atom is -0.394 e. The molecule has 0 radical (unpaired) electrons. The van der Waals surface area contributed by atoms with Crippen LogP contribution in [0.5, 0.6) is 0 Å². The number of nitrogens with one attached hydrogen (secondary N) is 1. The van der Waals surface area contributed by atoms with Crippen LogP contribution in [0.2, 0.25) is 0 Å². The second-order valence-electron chi connectivity index (χ2n) is 21.7. The van der Waals surface area contributed by atoms with Gasteiger partial charge in [-0.05, 0) is 64.2 Å². The quantitative estimate of drug-likeness (QED) is 0.0308. The molecule has 0 saturated heterocycles. The van der Waals surface area contributed by atoms with Crippen LogP contribution in [0.1, 0.15) is 335 Å². The van der Waals surface area contributed by atoms with Gasteiger partial charge in [0.1, 0.15) is 12.2 Å². The summed E-state index contributed by atoms with van der Waals surface area (Å²) in [7, 11) is 0. The zero-order valence-corrected chi connectivity index (χ0v) is 47.0. The van der Waals surface area contributed by atoms with E-state index in [-0.39, 0.29) is 0 Å². The fraction of sp³-hybridized carbons (Fsp3) is 0.891. The highest BCUT2D eigenvalue weighted by molar-refractivity contribution is 5.80. The fourth-order valence-electron chi connectivity index (χ4n) is 9.91. The number of unbranched alkanes of at least 4 members (excludes halogenated alkanes) is 43. The monoisotopic (exact) mass is 986 g/mol. The van der Waals surface area contributed by atoms with Gasteiger partial charge in [-0.1, -0.05) is 307 Å². The summed E-state index contributed by atoms with van der Waals surface area (Å²) in [5.41, 5.74) is 0. The van der Waals surface area contributed by atoms with Crippen LogP contribution in [0.25, 0.3) is 0 Å². The van der Waals surface area contributed by atoms with E-state index in [1.54, 1.807) is 0 Å². The molecule has 414 valence electrons. The van der Waals surface area contributed by atoms with Gasteiger partial charge in [0.05, 0.1) is 18.8 Å². The highest BCUT2D eigenvalue weighted by Gasteiger charge is 2.28. The largest absolute Gasteiger partial charge is 0.394 e. The Kier molecular flexibility index (Phi) is 57.2. The van der Waals surface area contributed by atoms with Crippen LogP contribution in [0.4, 0.5) is 0 Å². The summed E-state index contributed by atoms with van der Waals surface area (Å²) in [6.45, 7) is 4.08. The molecule has 0 fully saturated rings. The molecule has 0 aliphatic heterocycles. The zero-order valence-electron chi connectivity index (χ0n) is 47.0. The van der Waals surface area contributed by atoms with E-state index in [2.05, 4.69) is 55.6 Å². The highest BCUT2D eigenvalue weighted by atomic mass is 16.3. The molecule has 0 spiro atoms. The topological polar surface area (TPSA) is 110 Å². The Morgan fingerprint density at radius 2 is 0.600 bits per heavy atom. The van der Waals surface area contributed by atoms with Gasteiger partial charge in [-0.2, -0.15) is 0 Å². The van der Waals surface area contributed by atoms with Crippen LogP contribution in [0, 0.1) is 0 Å². The molecule has 0 aromatic carbocycles. The lowest BCUT2D eigenvalue weighted by molar-refractivity contribution is -0.132. The van der Waals surface area contributed by atoms with Crippen molar-refractivity contribution in [3.63, 3.8) is 0 Å². The molecule has 0 heterocycles. The third-order valence-electron chi connectivity index (χ3n) is 14.8. The Morgan fingerprint density at radius 1 is 0.343 bits per heavy atom. The van der Waals surface area contributed by atoms with Crippen LogP contribution in [-0.2, 0) is 4.79 Å². The number of amides is 1. The standard InChI is InChI=1S/C64H123NO5/c1-3-5-7-9-11-13-15-17-19-21-23-25-27-29-30-31-32-33-34-36-37-39-41-43-45-47-49-51-53-55-57-61(67)63(69)60(59-66)65-64(70)62(68)58-56-54-52-50-48-46-44-42-40-38-35-28-26-24-22-20-18-16-14-12-10-8-6-4-2/h34,36,41,43,49,51,60-63,66-69H,3-33,35,37-40,42,44-48,50,52-59H2,1-2H3,(H,65,70)/b36-34+,43-41+,51-49+. The van der Waals surface area contributed by atoms with Gasteiger partial charge in [-0.3, -0.25) is 4.79 Å². The molecule has 70 heavy (non-hydrogen) atoms. The molecule has 6 nitrogen and oxygen atoms in total. The predicted octanol–water partition coefficient (Wildman–Crippen LogP) is 18.8. The first kappa shape index (κ1) is 68.5. The number of rotatable bonds is 58. The third-order valence-corrected chi connectivity index (χ3v) is 14.8. The van der Waals surface area contributed by atoms with Crippen LogP contribution in [0.15, 0.2) is 36.5 Å². The van der Waals surface area contributed by atoms with Gasteiger partial charge in [-0.15, -0.1) is 0 Å². The maximum absolute atomic E-state index is 12.6. The van der Waals surface area contributed by atoms with Crippen LogP contribution >= 0.6 is 0 Å². The molecule has 6 heteroatoms. The average Bonchev–Trinajstić information content (AvgIpc) is 3.36. The van der Waals surface area contributed by atoms with Crippen LogP contribution in [0.3, 0.4) is 0 Å². The number of carbonyl (C=O) groups is 1. The van der Waals surface area contributed by atoms with Gasteiger partial charge in [0, 0.05) is 0 Å². The molecular weight excluding hydrogens is 863 g/mol. The Hall–Kier alpha value is -1.47. The van der Waals surface area contributed by atoms with E-state index in [9.17, 15) is 25.2 Å². The molecule has 0 aromatic rings. The van der Waals surface area contributed by atoms with Crippen molar-refractivity contribution in [2.24, 2.45) is 0 Å². The van der Waals surface area contributed by atoms with Crippen molar-refractivity contribution in [2.75, 3.05) is 6.61 Å². The van der Waals surface area contributed by atoms with E-state index >= 15 is 0 Å². The van der Waals surface area contributed by atoms with Gasteiger partial charge >= 0.3 is 0 Å². The molecular formula is C64H123NO5. The van der Waals surface area contributed by atoms with Gasteiger partial charge in [0.15, 0.2) is 0 Å². The maximum Gasteiger partial charge on any atom is 0.249 e. The number of hydrogen-bond donors (Lipinski definition) is 5. The first-order valence-corrected chi connectivity index (χ1v) is 31.4. The summed E-state index contributed by atoms with van der Waals surface area (Å²) < 4.78 is 0. The Labute approximate surface area is 437 Å². The zero-order chi connectivity index (χ0) is 50.9. The average molecular weight is 987 g/mol. The van der Waals surface area contributed by atoms with Gasteiger partial charge in [-0.25, -0.2) is 0 Å². The van der Waals surface area contributed by atoms with E-state index in [1.165, 1.54) is 250 Å². The molecule has 5 N–H and O–H groups in total. The molecule has 0 saturated carbocycles. The lowest BCUT2D eigenvalue weighted by atomic mass is 10.00. The van der Waals surface area contributed by atoms with Crippen molar-refractivity contribution >= 4 is 5.91 Å². The summed E-state index contributed by atoms with van der Waals surface area (Å²) >= 11 is 0. The maximum atomic E-state index is 12.6. The van der Waals surface area contributed by atoms with Gasteiger partial charge in [0.25, 0.3) is 0 Å². The number of allylic oxidation sites excluding steroid dienone is 6. The smallest absolute Gasteiger partial charge is 0.249 e. The molecule has 1 amide bonds. The number of hydrogen-bond acceptors (Lipinski definition) is 5. The highest BCUT2D eigenvalue weighted by Crippen LogP contribution is 2.18. The Bertz CT molecular complexity index is 1110. The Balaban J connectivity index is 3.65. The molecule has 0 bridgehead atoms. The summed E-state index contributed by atoms with van der Waals surface area (Å²) in [5.74, 6) is -0.594. The molecule has 0 aromatic heterocycles. The SMILES string of the molecule is CCCCCCCCCCCCCCCCCCC/C=C/CC/C=C/CC/C=C/CCCC(O)C(O)C(CO)NC(=O)C(O)CCCCCCCCCCCCCCCCCCCCCCCCCC. The minimum absolute atomic E-state index is 0.362. The van der Waals surface area contributed by atoms with Crippen LogP contribution < -0.4 is 5.32 Å². The first-order chi connectivity index (χ1) is 34.5. The number of carbonyl (C=O) groups excluding carboxylic acids is 1. The van der Waals surface area contributed by atoms with Gasteiger partial charge < -0.3 is 25.7 Å². The summed E-state index contributed by atoms with van der Waals surface area (Å²) in [6.07, 6.45) is 73.8. The third kappa shape index (κ3) is 51.4. The van der Waals surface area contributed by atoms with Crippen molar-refractivity contribution in [3.05, 3.63) is 36.5 Å². The van der Waals surface area contributed by atoms with Gasteiger partial charge in [0.2, 0.25) is 5.91 Å². The number of aliphatic hydroxyl groups is 4. The normalized spacial score (nSPS) is 13.9. The van der Waals surface area contributed by atoms with E-state index in [0.717, 1.165) is 51.4 Å². The fourth-order valence-corrected chi connectivity index (χ4v) is 9.91. The lowest BCUT2D eigenvalue weighted by Gasteiger charge is -2.27. The minimum atomic E-state index is -1.29. The summed E-state index contributed by atoms with van der Waals surface area (Å²) in [5, 5.41) is 44.1. The Morgan fingerprint density at radius 3 is 0.900 bits per heavy atom. The van der Waals surface area contributed by atoms with E-state index in [4.69, 9.17) is 0 Å². The second kappa shape index (κ2) is 58.4. The number of aliphatic hydroxyl groups excluding tert-OH is 4. The molecule has 0 aliphatic carbocycles. The van der Waals surface area contributed by atoms with Crippen molar-refractivity contribution in [3.8, 4) is 0 Å². The predicted molar refractivity (Wildman–Crippen MR) is 307 cm³/mol. The van der Waals surface area contributed by atoms with E-state index in [0.29, 0.717) is 19.3 Å². The van der Waals surface area contributed by atoms with Crippen molar-refractivity contribution in [1.82, 2.24) is 5.32 Å². The lowest BCUT2D eigenvalue weighted by Crippen LogP contribution is -2.53. The van der Waals surface area contributed by atoms with Crippen LogP contribution in [-0.4, -0.2) is 57.3 Å². The molecule has 0 rings (SSSR count). The molecule has 0 aliphatic rings. The second-order valence-corrected chi connectivity index (χ2v) is 21.7. The molecule has 4 unspecified atom stereocenters. The summed E-state index contributed by atoms with van der Waals surface area (Å²) in [4.78, 5) is 12.6. The van der Waals surface area contributed by atoms with E-state index in [1.807, 2.05) is 0 Å². The van der Waals surface area contributed by atoms with E-state index < -0.39 is 36.9 Å². The molecule has 4 atom stereocenters. The summed E-state index contributed by atoms with van der Waals surface area (Å²) in [6, 6.07) is -1.01. The first-order valence-electron chi connectivity index (χ1n) is 31.4. The van der Waals surface area contributed by atoms with Crippen molar-refractivity contribution in [1.29, 1.82) is 0 Å². The van der Waals surface area contributed by atoms with Crippen molar-refractivity contribution in [2.45, 2.75) is 359 Å². The van der Waals surface area contributed by atoms with Crippen molar-refractivity contribution < 1.29 is 25.2 Å².